The van der Waals surface area contributed by atoms with Gasteiger partial charge in [0.25, 0.3) is 0 Å². The Hall–Kier alpha value is -0.610. The van der Waals surface area contributed by atoms with Gasteiger partial charge in [-0.15, -0.1) is 0 Å². The summed E-state index contributed by atoms with van der Waals surface area (Å²) >= 11 is 0. The maximum Gasteiger partial charge on any atom is 0.224 e. The van der Waals surface area contributed by atoms with Gasteiger partial charge in [0, 0.05) is 12.6 Å². The van der Waals surface area contributed by atoms with Gasteiger partial charge in [0.1, 0.15) is 0 Å². The van der Waals surface area contributed by atoms with E-state index < -0.39 is 0 Å². The van der Waals surface area contributed by atoms with Crippen molar-refractivity contribution in [3.8, 4) is 0 Å². The predicted octanol–water partition coefficient (Wildman–Crippen LogP) is 0.962. The highest BCUT2D eigenvalue weighted by Crippen LogP contribution is 2.24. The lowest BCUT2D eigenvalue weighted by molar-refractivity contribution is -0.125. The van der Waals surface area contributed by atoms with Crippen molar-refractivity contribution in [2.45, 2.75) is 45.1 Å². The summed E-state index contributed by atoms with van der Waals surface area (Å²) in [4.78, 5) is 14.5. The number of hydrogen-bond donors (Lipinski definition) is 2. The summed E-state index contributed by atoms with van der Waals surface area (Å²) in [6, 6.07) is 0.0898. The van der Waals surface area contributed by atoms with Crippen LogP contribution in [0.15, 0.2) is 0 Å². The lowest BCUT2D eigenvalue weighted by Gasteiger charge is -2.31. The van der Waals surface area contributed by atoms with E-state index in [0.717, 1.165) is 32.4 Å². The van der Waals surface area contributed by atoms with Gasteiger partial charge < -0.3 is 16.0 Å². The van der Waals surface area contributed by atoms with Crippen LogP contribution in [-0.4, -0.2) is 43.0 Å². The first kappa shape index (κ1) is 13.8. The zero-order valence-corrected chi connectivity index (χ0v) is 11.5. The Labute approximate surface area is 110 Å². The molecule has 2 rings (SSSR count). The van der Waals surface area contributed by atoms with Crippen LogP contribution in [0.1, 0.15) is 39.0 Å². The molecule has 1 saturated carbocycles. The molecule has 2 unspecified atom stereocenters. The minimum atomic E-state index is 0.0701. The van der Waals surface area contributed by atoms with E-state index in [0.29, 0.717) is 5.92 Å². The zero-order valence-electron chi connectivity index (χ0n) is 11.5. The molecule has 0 aromatic carbocycles. The molecule has 0 aromatic rings. The normalized spacial score (nSPS) is 30.6. The van der Waals surface area contributed by atoms with Crippen LogP contribution in [0.3, 0.4) is 0 Å². The molecular weight excluding hydrogens is 226 g/mol. The number of nitrogens with two attached hydrogens (primary N) is 1. The van der Waals surface area contributed by atoms with Crippen LogP contribution in [0.2, 0.25) is 0 Å². The lowest BCUT2D eigenvalue weighted by Crippen LogP contribution is -2.42. The molecule has 1 amide bonds. The first-order valence-corrected chi connectivity index (χ1v) is 7.46. The number of nitrogens with one attached hydrogen (secondary N) is 1. The van der Waals surface area contributed by atoms with Crippen LogP contribution in [0.4, 0.5) is 0 Å². The summed E-state index contributed by atoms with van der Waals surface area (Å²) < 4.78 is 0. The van der Waals surface area contributed by atoms with E-state index in [1.165, 1.54) is 25.9 Å². The molecule has 4 nitrogen and oxygen atoms in total. The van der Waals surface area contributed by atoms with E-state index in [1.807, 2.05) is 0 Å². The quantitative estimate of drug-likeness (QED) is 0.784. The van der Waals surface area contributed by atoms with Crippen LogP contribution in [0.25, 0.3) is 0 Å². The summed E-state index contributed by atoms with van der Waals surface area (Å²) in [5.74, 6) is 0.924. The van der Waals surface area contributed by atoms with Crippen molar-refractivity contribution < 1.29 is 4.79 Å². The van der Waals surface area contributed by atoms with Crippen molar-refractivity contribution in [1.29, 1.82) is 0 Å². The summed E-state index contributed by atoms with van der Waals surface area (Å²) in [5, 5.41) is 3.12. The van der Waals surface area contributed by atoms with Gasteiger partial charge in [-0.25, -0.2) is 0 Å². The molecule has 0 radical (unpaired) electrons. The minimum absolute atomic E-state index is 0.0701. The molecule has 1 aliphatic heterocycles. The van der Waals surface area contributed by atoms with Crippen LogP contribution in [0, 0.1) is 11.8 Å². The summed E-state index contributed by atoms with van der Waals surface area (Å²) in [7, 11) is 0. The summed E-state index contributed by atoms with van der Waals surface area (Å²) in [6.07, 6.45) is 5.51. The Balaban J connectivity index is 1.67. The average molecular weight is 253 g/mol. The van der Waals surface area contributed by atoms with Gasteiger partial charge in [0.2, 0.25) is 5.91 Å². The second kappa shape index (κ2) is 6.53. The van der Waals surface area contributed by atoms with Crippen molar-refractivity contribution in [3.63, 3.8) is 0 Å². The topological polar surface area (TPSA) is 58.4 Å². The summed E-state index contributed by atoms with van der Waals surface area (Å²) in [5.41, 5.74) is 5.96. The van der Waals surface area contributed by atoms with Crippen molar-refractivity contribution in [2.75, 3.05) is 26.2 Å². The van der Waals surface area contributed by atoms with Crippen molar-refractivity contribution in [1.82, 2.24) is 10.2 Å². The lowest BCUT2D eigenvalue weighted by atomic mass is 9.96. The van der Waals surface area contributed by atoms with Crippen molar-refractivity contribution in [2.24, 2.45) is 17.6 Å². The summed E-state index contributed by atoms with van der Waals surface area (Å²) in [6.45, 7) is 6.57. The fraction of sp³-hybridized carbons (Fsp3) is 0.929. The molecule has 104 valence electrons. The van der Waals surface area contributed by atoms with Gasteiger partial charge in [-0.05, 0) is 51.2 Å². The third-order valence-electron chi connectivity index (χ3n) is 4.63. The number of piperidine rings is 1. The number of hydrogen-bond acceptors (Lipinski definition) is 3. The molecule has 0 bridgehead atoms. The van der Waals surface area contributed by atoms with Gasteiger partial charge in [-0.1, -0.05) is 13.3 Å². The molecule has 1 aliphatic carbocycles. The molecule has 0 spiro atoms. The Morgan fingerprint density at radius 1 is 1.28 bits per heavy atom. The molecular formula is C14H27N3O. The first-order valence-electron chi connectivity index (χ1n) is 7.46. The number of carbonyl (C=O) groups is 1. The van der Waals surface area contributed by atoms with Gasteiger partial charge in [0.05, 0.1) is 5.92 Å². The third-order valence-corrected chi connectivity index (χ3v) is 4.63. The SMILES string of the molecule is CCN1CCC(CNC(=O)C2CCCC2N)CC1. The first-order chi connectivity index (χ1) is 8.70. The largest absolute Gasteiger partial charge is 0.356 e. The number of amides is 1. The van der Waals surface area contributed by atoms with E-state index >= 15 is 0 Å². The van der Waals surface area contributed by atoms with E-state index in [1.54, 1.807) is 0 Å². The predicted molar refractivity (Wildman–Crippen MR) is 73.2 cm³/mol. The number of rotatable bonds is 4. The number of likely N-dealkylation sites (tertiary alicyclic amines) is 1. The molecule has 1 heterocycles. The van der Waals surface area contributed by atoms with Crippen LogP contribution < -0.4 is 11.1 Å². The molecule has 3 N–H and O–H groups in total. The van der Waals surface area contributed by atoms with E-state index in [9.17, 15) is 4.79 Å². The number of nitrogens with zero attached hydrogens (tertiary/aromatic N) is 1. The molecule has 2 fully saturated rings. The fourth-order valence-electron chi connectivity index (χ4n) is 3.20. The average Bonchev–Trinajstić information content (AvgIpc) is 2.83. The zero-order chi connectivity index (χ0) is 13.0. The molecule has 2 atom stereocenters. The fourth-order valence-corrected chi connectivity index (χ4v) is 3.20. The van der Waals surface area contributed by atoms with E-state index in [4.69, 9.17) is 5.73 Å². The van der Waals surface area contributed by atoms with E-state index in [-0.39, 0.29) is 17.9 Å². The monoisotopic (exact) mass is 253 g/mol. The van der Waals surface area contributed by atoms with Gasteiger partial charge in [0.15, 0.2) is 0 Å². The van der Waals surface area contributed by atoms with Crippen LogP contribution in [0.5, 0.6) is 0 Å². The highest BCUT2D eigenvalue weighted by atomic mass is 16.1. The Bertz CT molecular complexity index is 274. The molecule has 0 aromatic heterocycles. The molecule has 1 saturated heterocycles. The highest BCUT2D eigenvalue weighted by molar-refractivity contribution is 5.79. The Kier molecular flexibility index (Phi) is 5.01. The Morgan fingerprint density at radius 2 is 2.00 bits per heavy atom. The van der Waals surface area contributed by atoms with Crippen LogP contribution in [-0.2, 0) is 4.79 Å². The van der Waals surface area contributed by atoms with Crippen molar-refractivity contribution >= 4 is 5.91 Å². The van der Waals surface area contributed by atoms with Crippen LogP contribution >= 0.6 is 0 Å². The Morgan fingerprint density at radius 3 is 2.56 bits per heavy atom. The van der Waals surface area contributed by atoms with Crippen molar-refractivity contribution in [3.05, 3.63) is 0 Å². The highest BCUT2D eigenvalue weighted by Gasteiger charge is 2.30. The second-order valence-electron chi connectivity index (χ2n) is 5.82. The minimum Gasteiger partial charge on any atom is -0.356 e. The third kappa shape index (κ3) is 3.45. The molecule has 2 aliphatic rings. The van der Waals surface area contributed by atoms with E-state index in [2.05, 4.69) is 17.1 Å². The molecule has 18 heavy (non-hydrogen) atoms. The van der Waals surface area contributed by atoms with Gasteiger partial charge in [-0.2, -0.15) is 0 Å². The second-order valence-corrected chi connectivity index (χ2v) is 5.82. The maximum absolute atomic E-state index is 12.0. The van der Waals surface area contributed by atoms with Gasteiger partial charge in [-0.3, -0.25) is 4.79 Å². The maximum atomic E-state index is 12.0. The standard InChI is InChI=1S/C14H27N3O/c1-2-17-8-6-11(7-9-17)10-16-14(18)12-4-3-5-13(12)15/h11-13H,2-10,15H2,1H3,(H,16,18). The smallest absolute Gasteiger partial charge is 0.224 e. The number of carbonyl (C=O) groups excluding carboxylic acids is 1. The van der Waals surface area contributed by atoms with Gasteiger partial charge >= 0.3 is 0 Å². The molecule has 4 heteroatoms.